The van der Waals surface area contributed by atoms with Crippen LogP contribution in [0.3, 0.4) is 0 Å². The number of rotatable bonds is 2. The standard InChI is InChI=1S/C23H28N4O/c1-21(2)18(27-17-19(24)25-14-26-20(17)28-21)15-4-6-16(7-5-15)23-11-8-22(3,9-12-23)10-13-23/h4-7,14H,8-13H2,1-3H3,(H2,24,25,26). The van der Waals surface area contributed by atoms with Crippen LogP contribution in [0.2, 0.25) is 0 Å². The fourth-order valence-corrected chi connectivity index (χ4v) is 5.29. The number of nitrogens with two attached hydrogens (primary N) is 1. The van der Waals surface area contributed by atoms with Gasteiger partial charge in [0.15, 0.2) is 11.5 Å². The van der Waals surface area contributed by atoms with Crippen LogP contribution in [-0.4, -0.2) is 21.3 Å². The van der Waals surface area contributed by atoms with E-state index in [1.165, 1.54) is 50.4 Å². The minimum absolute atomic E-state index is 0.348. The molecule has 0 unspecified atom stereocenters. The predicted molar refractivity (Wildman–Crippen MR) is 111 cm³/mol. The van der Waals surface area contributed by atoms with E-state index in [4.69, 9.17) is 15.5 Å². The van der Waals surface area contributed by atoms with Crippen molar-refractivity contribution in [3.05, 3.63) is 41.7 Å². The highest BCUT2D eigenvalue weighted by Gasteiger charge is 2.47. The molecule has 0 atom stereocenters. The van der Waals surface area contributed by atoms with Crippen molar-refractivity contribution in [3.63, 3.8) is 0 Å². The van der Waals surface area contributed by atoms with Gasteiger partial charge in [-0.15, -0.1) is 0 Å². The van der Waals surface area contributed by atoms with Crippen molar-refractivity contribution < 1.29 is 4.74 Å². The molecular formula is C23H28N4O. The summed E-state index contributed by atoms with van der Waals surface area (Å²) in [5.74, 6) is 0.796. The smallest absolute Gasteiger partial charge is 0.246 e. The molecule has 1 aromatic carbocycles. The lowest BCUT2D eigenvalue weighted by Crippen LogP contribution is -2.43. The maximum Gasteiger partial charge on any atom is 0.246 e. The Morgan fingerprint density at radius 2 is 1.54 bits per heavy atom. The third-order valence-corrected chi connectivity index (χ3v) is 7.35. The van der Waals surface area contributed by atoms with Crippen LogP contribution in [0.5, 0.6) is 5.88 Å². The normalized spacial score (nSPS) is 30.3. The molecule has 3 aliphatic carbocycles. The fourth-order valence-electron chi connectivity index (χ4n) is 5.29. The number of ether oxygens (including phenoxy) is 1. The number of aliphatic imine (C=N–C) groups is 1. The Hall–Kier alpha value is -2.43. The third kappa shape index (κ3) is 2.63. The molecule has 3 fully saturated rings. The number of nitrogens with zero attached hydrogens (tertiary/aromatic N) is 3. The first-order chi connectivity index (χ1) is 13.3. The summed E-state index contributed by atoms with van der Waals surface area (Å²) in [6.07, 6.45) is 9.45. The highest BCUT2D eigenvalue weighted by atomic mass is 16.5. The Bertz CT molecular complexity index is 937. The average molecular weight is 377 g/mol. The number of hydrogen-bond acceptors (Lipinski definition) is 5. The number of anilines is 1. The molecule has 0 radical (unpaired) electrons. The Kier molecular flexibility index (Phi) is 3.65. The van der Waals surface area contributed by atoms with E-state index in [0.29, 0.717) is 28.2 Å². The van der Waals surface area contributed by atoms with E-state index < -0.39 is 5.60 Å². The van der Waals surface area contributed by atoms with Gasteiger partial charge in [-0.3, -0.25) is 0 Å². The van der Waals surface area contributed by atoms with Crippen LogP contribution in [0.15, 0.2) is 35.6 Å². The monoisotopic (exact) mass is 376 g/mol. The zero-order valence-corrected chi connectivity index (χ0v) is 17.0. The van der Waals surface area contributed by atoms with Crippen LogP contribution in [0.25, 0.3) is 0 Å². The fraction of sp³-hybridized carbons (Fsp3) is 0.522. The summed E-state index contributed by atoms with van der Waals surface area (Å²) in [5, 5.41) is 0. The van der Waals surface area contributed by atoms with Crippen LogP contribution >= 0.6 is 0 Å². The highest BCUT2D eigenvalue weighted by Crippen LogP contribution is 2.57. The molecule has 28 heavy (non-hydrogen) atoms. The molecule has 2 heterocycles. The molecule has 1 aliphatic heterocycles. The molecule has 4 aliphatic rings. The summed E-state index contributed by atoms with van der Waals surface area (Å²) in [7, 11) is 0. The van der Waals surface area contributed by atoms with Gasteiger partial charge in [-0.1, -0.05) is 31.2 Å². The zero-order chi connectivity index (χ0) is 19.6. The largest absolute Gasteiger partial charge is 0.463 e. The quantitative estimate of drug-likeness (QED) is 0.804. The van der Waals surface area contributed by atoms with Gasteiger partial charge in [-0.25, -0.2) is 9.98 Å². The molecule has 2 aromatic rings. The Balaban J connectivity index is 1.50. The topological polar surface area (TPSA) is 73.4 Å². The van der Waals surface area contributed by atoms with E-state index in [1.807, 2.05) is 13.8 Å². The van der Waals surface area contributed by atoms with Crippen molar-refractivity contribution in [2.75, 3.05) is 5.73 Å². The van der Waals surface area contributed by atoms with Crippen LogP contribution in [0, 0.1) is 5.41 Å². The molecule has 0 spiro atoms. The summed E-state index contributed by atoms with van der Waals surface area (Å²) in [5.41, 5.74) is 10.3. The second-order valence-electron chi connectivity index (χ2n) is 9.65. The number of benzene rings is 1. The van der Waals surface area contributed by atoms with Gasteiger partial charge in [0.05, 0.1) is 5.71 Å². The zero-order valence-electron chi connectivity index (χ0n) is 17.0. The van der Waals surface area contributed by atoms with E-state index in [0.717, 1.165) is 11.3 Å². The van der Waals surface area contributed by atoms with Crippen LogP contribution < -0.4 is 10.5 Å². The highest BCUT2D eigenvalue weighted by molar-refractivity contribution is 6.09. The maximum atomic E-state index is 6.11. The van der Waals surface area contributed by atoms with Crippen molar-refractivity contribution >= 4 is 17.2 Å². The van der Waals surface area contributed by atoms with Gasteiger partial charge in [0.2, 0.25) is 5.88 Å². The first-order valence-electron chi connectivity index (χ1n) is 10.3. The van der Waals surface area contributed by atoms with Gasteiger partial charge in [0.1, 0.15) is 11.9 Å². The number of aromatic nitrogens is 2. The summed E-state index contributed by atoms with van der Waals surface area (Å²) in [6, 6.07) is 9.01. The van der Waals surface area contributed by atoms with Gasteiger partial charge < -0.3 is 10.5 Å². The van der Waals surface area contributed by atoms with E-state index in [2.05, 4.69) is 41.2 Å². The van der Waals surface area contributed by atoms with E-state index in [1.54, 1.807) is 0 Å². The summed E-state index contributed by atoms with van der Waals surface area (Å²) < 4.78 is 6.11. The van der Waals surface area contributed by atoms with Crippen molar-refractivity contribution in [2.45, 2.75) is 70.3 Å². The average Bonchev–Trinajstić information content (AvgIpc) is 2.68. The van der Waals surface area contributed by atoms with Crippen LogP contribution in [0.1, 0.15) is 70.4 Å². The summed E-state index contributed by atoms with van der Waals surface area (Å²) in [4.78, 5) is 13.0. The molecule has 2 bridgehead atoms. The number of nitrogen functional groups attached to an aromatic ring is 1. The van der Waals surface area contributed by atoms with Crippen molar-refractivity contribution in [1.29, 1.82) is 0 Å². The third-order valence-electron chi connectivity index (χ3n) is 7.35. The Morgan fingerprint density at radius 3 is 2.18 bits per heavy atom. The lowest BCUT2D eigenvalue weighted by atomic mass is 9.52. The Morgan fingerprint density at radius 1 is 0.893 bits per heavy atom. The SMILES string of the molecule is CC12CCC(c3ccc(C4=Nc5c(N)ncnc5OC4(C)C)cc3)(CC1)CC2. The minimum Gasteiger partial charge on any atom is -0.463 e. The second kappa shape index (κ2) is 5.79. The molecular weight excluding hydrogens is 348 g/mol. The van der Waals surface area contributed by atoms with Gasteiger partial charge in [0, 0.05) is 5.56 Å². The molecule has 3 saturated carbocycles. The minimum atomic E-state index is -0.578. The predicted octanol–water partition coefficient (Wildman–Crippen LogP) is 4.96. The number of fused-ring (bicyclic) bond motifs is 4. The van der Waals surface area contributed by atoms with E-state index in [-0.39, 0.29) is 0 Å². The van der Waals surface area contributed by atoms with E-state index >= 15 is 0 Å². The lowest BCUT2D eigenvalue weighted by Gasteiger charge is -2.52. The summed E-state index contributed by atoms with van der Waals surface area (Å²) >= 11 is 0. The number of hydrogen-bond donors (Lipinski definition) is 1. The van der Waals surface area contributed by atoms with Gasteiger partial charge in [-0.2, -0.15) is 4.98 Å². The molecule has 0 saturated heterocycles. The van der Waals surface area contributed by atoms with Crippen molar-refractivity contribution in [1.82, 2.24) is 9.97 Å². The Labute approximate surface area is 166 Å². The van der Waals surface area contributed by atoms with Crippen molar-refractivity contribution in [2.24, 2.45) is 10.4 Å². The lowest BCUT2D eigenvalue weighted by molar-refractivity contribution is 0.0556. The maximum absolute atomic E-state index is 6.11. The molecule has 1 aromatic heterocycles. The van der Waals surface area contributed by atoms with Crippen molar-refractivity contribution in [3.8, 4) is 5.88 Å². The molecule has 6 rings (SSSR count). The van der Waals surface area contributed by atoms with Crippen LogP contribution in [0.4, 0.5) is 11.5 Å². The molecule has 2 N–H and O–H groups in total. The van der Waals surface area contributed by atoms with Gasteiger partial charge >= 0.3 is 0 Å². The molecule has 5 nitrogen and oxygen atoms in total. The van der Waals surface area contributed by atoms with E-state index in [9.17, 15) is 0 Å². The molecule has 5 heteroatoms. The molecule has 0 amide bonds. The van der Waals surface area contributed by atoms with Gasteiger partial charge in [0.25, 0.3) is 0 Å². The van der Waals surface area contributed by atoms with Crippen LogP contribution in [-0.2, 0) is 5.41 Å². The summed E-state index contributed by atoms with van der Waals surface area (Å²) in [6.45, 7) is 6.50. The first kappa shape index (κ1) is 17.7. The first-order valence-corrected chi connectivity index (χ1v) is 10.3. The second-order valence-corrected chi connectivity index (χ2v) is 9.65. The van der Waals surface area contributed by atoms with Gasteiger partial charge in [-0.05, 0) is 68.8 Å². The molecule has 146 valence electrons.